The lowest BCUT2D eigenvalue weighted by atomic mass is 10.2. The van der Waals surface area contributed by atoms with Gasteiger partial charge in [-0.15, -0.1) is 0 Å². The van der Waals surface area contributed by atoms with Crippen LogP contribution in [0.25, 0.3) is 22.5 Å². The van der Waals surface area contributed by atoms with Crippen molar-refractivity contribution in [3.05, 3.63) is 71.9 Å². The highest BCUT2D eigenvalue weighted by atomic mass is 35.5. The Balaban J connectivity index is 1.89. The first kappa shape index (κ1) is 13.5. The molecule has 0 aliphatic heterocycles. The normalized spacial score (nSPS) is 11.6. The first-order valence-corrected chi connectivity index (χ1v) is 6.62. The third-order valence-electron chi connectivity index (χ3n) is 2.80. The van der Waals surface area contributed by atoms with E-state index in [0.29, 0.717) is 11.4 Å². The lowest BCUT2D eigenvalue weighted by molar-refractivity contribution is 0.410. The molecule has 0 aliphatic rings. The van der Waals surface area contributed by atoms with E-state index in [-0.39, 0.29) is 16.7 Å². The van der Waals surface area contributed by atoms with Gasteiger partial charge in [-0.25, -0.2) is 4.39 Å². The van der Waals surface area contributed by atoms with Crippen LogP contribution in [0.4, 0.5) is 4.39 Å². The van der Waals surface area contributed by atoms with Gasteiger partial charge in [-0.05, 0) is 23.8 Å². The molecular weight excluding hydrogens is 291 g/mol. The second kappa shape index (κ2) is 5.89. The van der Waals surface area contributed by atoms with E-state index in [1.54, 1.807) is 18.2 Å². The predicted molar refractivity (Wildman–Crippen MR) is 79.9 cm³/mol. The first-order valence-electron chi connectivity index (χ1n) is 6.24. The topological polar surface area (TPSA) is 38.9 Å². The summed E-state index contributed by atoms with van der Waals surface area (Å²) in [5.41, 5.74) is 1.46. The Kier molecular flexibility index (Phi) is 3.79. The van der Waals surface area contributed by atoms with Crippen LogP contribution in [0, 0.1) is 5.82 Å². The van der Waals surface area contributed by atoms with Gasteiger partial charge in [0.15, 0.2) is 0 Å². The molecule has 0 saturated heterocycles. The number of benzene rings is 2. The molecular formula is C16H10ClFN2O. The van der Waals surface area contributed by atoms with Gasteiger partial charge >= 0.3 is 0 Å². The van der Waals surface area contributed by atoms with Crippen molar-refractivity contribution in [2.75, 3.05) is 0 Å². The molecule has 0 radical (unpaired) electrons. The minimum absolute atomic E-state index is 0.194. The second-order valence-electron chi connectivity index (χ2n) is 4.34. The van der Waals surface area contributed by atoms with Gasteiger partial charge in [0.25, 0.3) is 5.89 Å². The Morgan fingerprint density at radius 2 is 1.90 bits per heavy atom. The van der Waals surface area contributed by atoms with Gasteiger partial charge in [0, 0.05) is 5.56 Å². The van der Waals surface area contributed by atoms with Crippen molar-refractivity contribution in [1.82, 2.24) is 10.1 Å². The SMILES string of the molecule is Fc1cccc(/C=C(\Cl)c2nc(-c3ccccc3)no2)c1. The van der Waals surface area contributed by atoms with E-state index in [9.17, 15) is 4.39 Å². The fourth-order valence-corrected chi connectivity index (χ4v) is 2.03. The van der Waals surface area contributed by atoms with E-state index in [1.807, 2.05) is 30.3 Å². The van der Waals surface area contributed by atoms with Crippen molar-refractivity contribution >= 4 is 22.7 Å². The van der Waals surface area contributed by atoms with Crippen molar-refractivity contribution in [2.24, 2.45) is 0 Å². The van der Waals surface area contributed by atoms with Crippen LogP contribution in [0.3, 0.4) is 0 Å². The van der Waals surface area contributed by atoms with Crippen LogP contribution in [0.15, 0.2) is 59.1 Å². The maximum Gasteiger partial charge on any atom is 0.269 e. The molecule has 104 valence electrons. The molecule has 0 N–H and O–H groups in total. The average Bonchev–Trinajstić information content (AvgIpc) is 2.98. The molecule has 3 nitrogen and oxygen atoms in total. The van der Waals surface area contributed by atoms with Gasteiger partial charge in [0.05, 0.1) is 0 Å². The van der Waals surface area contributed by atoms with Crippen LogP contribution >= 0.6 is 11.6 Å². The molecule has 2 aromatic carbocycles. The van der Waals surface area contributed by atoms with Gasteiger partial charge in [0.1, 0.15) is 10.8 Å². The average molecular weight is 301 g/mol. The highest BCUT2D eigenvalue weighted by molar-refractivity contribution is 6.50. The third-order valence-corrected chi connectivity index (χ3v) is 3.08. The number of aromatic nitrogens is 2. The molecule has 21 heavy (non-hydrogen) atoms. The summed E-state index contributed by atoms with van der Waals surface area (Å²) in [7, 11) is 0. The molecule has 0 fully saturated rings. The standard InChI is InChI=1S/C16H10ClFN2O/c17-14(10-11-5-4-8-13(18)9-11)16-19-15(20-21-16)12-6-2-1-3-7-12/h1-10H/b14-10-. The van der Waals surface area contributed by atoms with E-state index in [4.69, 9.17) is 16.1 Å². The Labute approximate surface area is 125 Å². The van der Waals surface area contributed by atoms with Crippen LogP contribution in [0.5, 0.6) is 0 Å². The van der Waals surface area contributed by atoms with Crippen LogP contribution in [-0.4, -0.2) is 10.1 Å². The molecule has 1 aromatic heterocycles. The van der Waals surface area contributed by atoms with E-state index in [0.717, 1.165) is 5.56 Å². The van der Waals surface area contributed by atoms with Crippen LogP contribution in [-0.2, 0) is 0 Å². The van der Waals surface area contributed by atoms with Crippen LogP contribution < -0.4 is 0 Å². The maximum atomic E-state index is 13.1. The monoisotopic (exact) mass is 300 g/mol. The predicted octanol–water partition coefficient (Wildman–Crippen LogP) is 4.61. The summed E-state index contributed by atoms with van der Waals surface area (Å²) in [5, 5.41) is 4.14. The molecule has 0 aliphatic carbocycles. The number of rotatable bonds is 3. The Morgan fingerprint density at radius 1 is 1.10 bits per heavy atom. The van der Waals surface area contributed by atoms with Crippen LogP contribution in [0.1, 0.15) is 11.5 Å². The number of hydrogen-bond donors (Lipinski definition) is 0. The summed E-state index contributed by atoms with van der Waals surface area (Å²) in [6.07, 6.45) is 1.58. The van der Waals surface area contributed by atoms with Crippen molar-refractivity contribution < 1.29 is 8.91 Å². The Morgan fingerprint density at radius 3 is 2.67 bits per heavy atom. The summed E-state index contributed by atoms with van der Waals surface area (Å²) in [6.45, 7) is 0. The minimum Gasteiger partial charge on any atom is -0.333 e. The zero-order valence-corrected chi connectivity index (χ0v) is 11.6. The molecule has 5 heteroatoms. The largest absolute Gasteiger partial charge is 0.333 e. The molecule has 1 heterocycles. The maximum absolute atomic E-state index is 13.1. The number of nitrogens with zero attached hydrogens (tertiary/aromatic N) is 2. The summed E-state index contributed by atoms with van der Waals surface area (Å²) < 4.78 is 18.2. The quantitative estimate of drug-likeness (QED) is 0.709. The van der Waals surface area contributed by atoms with Crippen molar-refractivity contribution in [1.29, 1.82) is 0 Å². The summed E-state index contributed by atoms with van der Waals surface area (Å²) in [4.78, 5) is 4.23. The fraction of sp³-hybridized carbons (Fsp3) is 0. The summed E-state index contributed by atoms with van der Waals surface area (Å²) >= 11 is 6.14. The molecule has 0 atom stereocenters. The Bertz CT molecular complexity index is 784. The molecule has 0 spiro atoms. The molecule has 3 aromatic rings. The fourth-order valence-electron chi connectivity index (χ4n) is 1.83. The highest BCUT2D eigenvalue weighted by Crippen LogP contribution is 2.23. The minimum atomic E-state index is -0.330. The first-order chi connectivity index (χ1) is 10.2. The van der Waals surface area contributed by atoms with Gasteiger partial charge in [0.2, 0.25) is 5.82 Å². The summed E-state index contributed by atoms with van der Waals surface area (Å²) in [5.74, 6) is 0.319. The molecule has 3 rings (SSSR count). The van der Waals surface area contributed by atoms with E-state index >= 15 is 0 Å². The third kappa shape index (κ3) is 3.17. The van der Waals surface area contributed by atoms with Crippen molar-refractivity contribution in [3.8, 4) is 11.4 Å². The zero-order valence-electron chi connectivity index (χ0n) is 10.8. The lowest BCUT2D eigenvalue weighted by Gasteiger charge is -1.94. The molecule has 0 bridgehead atoms. The zero-order chi connectivity index (χ0) is 14.7. The summed E-state index contributed by atoms with van der Waals surface area (Å²) in [6, 6.07) is 15.5. The highest BCUT2D eigenvalue weighted by Gasteiger charge is 2.11. The second-order valence-corrected chi connectivity index (χ2v) is 4.74. The van der Waals surface area contributed by atoms with Gasteiger partial charge in [-0.1, -0.05) is 59.2 Å². The van der Waals surface area contributed by atoms with E-state index < -0.39 is 0 Å². The van der Waals surface area contributed by atoms with Gasteiger partial charge < -0.3 is 4.52 Å². The van der Waals surface area contributed by atoms with E-state index in [2.05, 4.69) is 10.1 Å². The van der Waals surface area contributed by atoms with Crippen molar-refractivity contribution in [2.45, 2.75) is 0 Å². The molecule has 0 amide bonds. The van der Waals surface area contributed by atoms with E-state index in [1.165, 1.54) is 12.1 Å². The lowest BCUT2D eigenvalue weighted by Crippen LogP contribution is -1.81. The molecule has 0 saturated carbocycles. The van der Waals surface area contributed by atoms with Gasteiger partial charge in [-0.2, -0.15) is 4.98 Å². The smallest absolute Gasteiger partial charge is 0.269 e. The van der Waals surface area contributed by atoms with Crippen LogP contribution in [0.2, 0.25) is 0 Å². The number of hydrogen-bond acceptors (Lipinski definition) is 3. The Hall–Kier alpha value is -2.46. The van der Waals surface area contributed by atoms with Gasteiger partial charge in [-0.3, -0.25) is 0 Å². The molecule has 0 unspecified atom stereocenters. The number of halogens is 2. The van der Waals surface area contributed by atoms with Crippen molar-refractivity contribution in [3.63, 3.8) is 0 Å².